The molecule has 0 aliphatic carbocycles. The Morgan fingerprint density at radius 1 is 1.20 bits per heavy atom. The van der Waals surface area contributed by atoms with Gasteiger partial charge in [-0.1, -0.05) is 39.0 Å². The highest BCUT2D eigenvalue weighted by molar-refractivity contribution is 5.34. The Kier molecular flexibility index (Phi) is 2.57. The largest absolute Gasteiger partial charge is 0.388 e. The molecule has 1 unspecified atom stereocenters. The predicted molar refractivity (Wildman–Crippen MR) is 59.3 cm³/mol. The minimum atomic E-state index is -0.414. The van der Waals surface area contributed by atoms with Gasteiger partial charge in [0.25, 0.3) is 0 Å². The average Bonchev–Trinajstić information content (AvgIpc) is 2.61. The highest BCUT2D eigenvalue weighted by Crippen LogP contribution is 2.34. The molecule has 0 bridgehead atoms. The van der Waals surface area contributed by atoms with Crippen molar-refractivity contribution in [2.45, 2.75) is 40.1 Å². The van der Waals surface area contributed by atoms with Gasteiger partial charge in [0.1, 0.15) is 0 Å². The number of hydrogen-bond acceptors (Lipinski definition) is 2. The van der Waals surface area contributed by atoms with E-state index in [1.807, 2.05) is 26.8 Å². The first-order valence-electron chi connectivity index (χ1n) is 5.36. The molecule has 82 valence electrons. The quantitative estimate of drug-likeness (QED) is 0.765. The van der Waals surface area contributed by atoms with Crippen LogP contribution in [0.1, 0.15) is 43.6 Å². The van der Waals surface area contributed by atoms with Crippen molar-refractivity contribution in [1.29, 1.82) is 0 Å². The van der Waals surface area contributed by atoms with Gasteiger partial charge in [-0.05, 0) is 22.1 Å². The molecule has 0 fully saturated rings. The third-order valence-corrected chi connectivity index (χ3v) is 2.88. The van der Waals surface area contributed by atoms with Crippen molar-refractivity contribution >= 4 is 0 Å². The molecule has 1 atom stereocenters. The Hall–Kier alpha value is -0.860. The van der Waals surface area contributed by atoms with Crippen LogP contribution in [0.5, 0.6) is 0 Å². The summed E-state index contributed by atoms with van der Waals surface area (Å²) in [7, 11) is 0. The van der Waals surface area contributed by atoms with Crippen LogP contribution in [0.4, 0.5) is 0 Å². The zero-order valence-electron chi connectivity index (χ0n) is 9.58. The first kappa shape index (κ1) is 10.7. The Bertz CT molecular complexity index is 363. The van der Waals surface area contributed by atoms with Gasteiger partial charge in [-0.15, -0.1) is 0 Å². The second-order valence-electron chi connectivity index (χ2n) is 5.29. The van der Waals surface area contributed by atoms with Crippen LogP contribution < -0.4 is 0 Å². The lowest BCUT2D eigenvalue weighted by molar-refractivity contribution is 0.0625. The fourth-order valence-corrected chi connectivity index (χ4v) is 1.86. The molecule has 1 aliphatic heterocycles. The molecule has 1 N–H and O–H groups in total. The van der Waals surface area contributed by atoms with E-state index in [1.54, 1.807) is 0 Å². The van der Waals surface area contributed by atoms with Gasteiger partial charge in [-0.2, -0.15) is 0 Å². The van der Waals surface area contributed by atoms with E-state index in [0.717, 1.165) is 5.56 Å². The standard InChI is InChI=1S/C13H18O2/c1-13(2,3)12(14)9-4-5-10-7-15-8-11(10)6-9/h4-6,12,14H,7-8H2,1-3H3. The van der Waals surface area contributed by atoms with Crippen molar-refractivity contribution in [2.75, 3.05) is 0 Å². The number of benzene rings is 1. The van der Waals surface area contributed by atoms with Crippen LogP contribution in [-0.4, -0.2) is 5.11 Å². The molecule has 0 saturated carbocycles. The third-order valence-electron chi connectivity index (χ3n) is 2.88. The number of rotatable bonds is 1. The van der Waals surface area contributed by atoms with E-state index in [1.165, 1.54) is 11.1 Å². The van der Waals surface area contributed by atoms with Crippen LogP contribution in [0.25, 0.3) is 0 Å². The summed E-state index contributed by atoms with van der Waals surface area (Å²) in [6.07, 6.45) is -0.414. The number of ether oxygens (including phenoxy) is 1. The van der Waals surface area contributed by atoms with Crippen molar-refractivity contribution in [3.63, 3.8) is 0 Å². The molecule has 1 heterocycles. The van der Waals surface area contributed by atoms with E-state index in [2.05, 4.69) is 12.1 Å². The minimum absolute atomic E-state index is 0.117. The predicted octanol–water partition coefficient (Wildman–Crippen LogP) is 2.80. The van der Waals surface area contributed by atoms with Crippen molar-refractivity contribution < 1.29 is 9.84 Å². The fourth-order valence-electron chi connectivity index (χ4n) is 1.86. The Morgan fingerprint density at radius 2 is 1.87 bits per heavy atom. The summed E-state index contributed by atoms with van der Waals surface area (Å²) >= 11 is 0. The second kappa shape index (κ2) is 3.62. The lowest BCUT2D eigenvalue weighted by atomic mass is 9.84. The zero-order valence-corrected chi connectivity index (χ0v) is 9.58. The normalized spacial score (nSPS) is 17.6. The van der Waals surface area contributed by atoms with Gasteiger partial charge in [0.05, 0.1) is 19.3 Å². The minimum Gasteiger partial charge on any atom is -0.388 e. The second-order valence-corrected chi connectivity index (χ2v) is 5.29. The zero-order chi connectivity index (χ0) is 11.1. The SMILES string of the molecule is CC(C)(C)C(O)c1ccc2c(c1)COC2. The molecule has 0 amide bonds. The summed E-state index contributed by atoms with van der Waals surface area (Å²) in [5.41, 5.74) is 3.34. The molecule has 2 nitrogen and oxygen atoms in total. The molecule has 0 aromatic heterocycles. The Morgan fingerprint density at radius 3 is 2.53 bits per heavy atom. The summed E-state index contributed by atoms with van der Waals surface area (Å²) < 4.78 is 5.35. The number of fused-ring (bicyclic) bond motifs is 1. The molecular formula is C13H18O2. The number of aliphatic hydroxyl groups excluding tert-OH is 1. The van der Waals surface area contributed by atoms with E-state index >= 15 is 0 Å². The smallest absolute Gasteiger partial charge is 0.0838 e. The molecular weight excluding hydrogens is 188 g/mol. The topological polar surface area (TPSA) is 29.5 Å². The Balaban J connectivity index is 2.31. The molecule has 15 heavy (non-hydrogen) atoms. The first-order valence-corrected chi connectivity index (χ1v) is 5.36. The van der Waals surface area contributed by atoms with Crippen molar-refractivity contribution in [1.82, 2.24) is 0 Å². The maximum atomic E-state index is 10.1. The van der Waals surface area contributed by atoms with Crippen molar-refractivity contribution in [3.05, 3.63) is 34.9 Å². The van der Waals surface area contributed by atoms with Crippen LogP contribution in [0.2, 0.25) is 0 Å². The van der Waals surface area contributed by atoms with Crippen molar-refractivity contribution in [2.24, 2.45) is 5.41 Å². The van der Waals surface area contributed by atoms with E-state index in [4.69, 9.17) is 4.74 Å². The maximum Gasteiger partial charge on any atom is 0.0838 e. The lowest BCUT2D eigenvalue weighted by Gasteiger charge is -2.26. The van der Waals surface area contributed by atoms with Crippen LogP contribution in [-0.2, 0) is 18.0 Å². The lowest BCUT2D eigenvalue weighted by Crippen LogP contribution is -2.17. The summed E-state index contributed by atoms with van der Waals surface area (Å²) in [6, 6.07) is 6.13. The van der Waals surface area contributed by atoms with Gasteiger partial charge in [-0.25, -0.2) is 0 Å². The van der Waals surface area contributed by atoms with Crippen LogP contribution in [0, 0.1) is 5.41 Å². The fraction of sp³-hybridized carbons (Fsp3) is 0.538. The molecule has 1 aromatic rings. The van der Waals surface area contributed by atoms with Crippen LogP contribution in [0.3, 0.4) is 0 Å². The van der Waals surface area contributed by atoms with E-state index in [-0.39, 0.29) is 5.41 Å². The molecule has 1 aromatic carbocycles. The van der Waals surface area contributed by atoms with Crippen molar-refractivity contribution in [3.8, 4) is 0 Å². The molecule has 2 rings (SSSR count). The molecule has 0 saturated heterocycles. The monoisotopic (exact) mass is 206 g/mol. The summed E-state index contributed by atoms with van der Waals surface area (Å²) in [6.45, 7) is 7.52. The van der Waals surface area contributed by atoms with E-state index in [0.29, 0.717) is 13.2 Å². The van der Waals surface area contributed by atoms with Gasteiger partial charge >= 0.3 is 0 Å². The van der Waals surface area contributed by atoms with E-state index in [9.17, 15) is 5.11 Å². The summed E-state index contributed by atoms with van der Waals surface area (Å²) in [5, 5.41) is 10.1. The van der Waals surface area contributed by atoms with Gasteiger partial charge < -0.3 is 9.84 Å². The molecule has 0 radical (unpaired) electrons. The average molecular weight is 206 g/mol. The molecule has 2 heteroatoms. The highest BCUT2D eigenvalue weighted by Gasteiger charge is 2.24. The van der Waals surface area contributed by atoms with Gasteiger partial charge in [-0.3, -0.25) is 0 Å². The summed E-state index contributed by atoms with van der Waals surface area (Å²) in [5.74, 6) is 0. The van der Waals surface area contributed by atoms with Gasteiger partial charge in [0.2, 0.25) is 0 Å². The molecule has 0 spiro atoms. The van der Waals surface area contributed by atoms with Crippen LogP contribution >= 0.6 is 0 Å². The molecule has 1 aliphatic rings. The Labute approximate surface area is 90.9 Å². The van der Waals surface area contributed by atoms with E-state index < -0.39 is 6.10 Å². The van der Waals surface area contributed by atoms with Gasteiger partial charge in [0, 0.05) is 0 Å². The maximum absolute atomic E-state index is 10.1. The number of hydrogen-bond donors (Lipinski definition) is 1. The highest BCUT2D eigenvalue weighted by atomic mass is 16.5. The van der Waals surface area contributed by atoms with Crippen LogP contribution in [0.15, 0.2) is 18.2 Å². The number of aliphatic hydroxyl groups is 1. The third kappa shape index (κ3) is 2.06. The first-order chi connectivity index (χ1) is 6.98. The summed E-state index contributed by atoms with van der Waals surface area (Å²) in [4.78, 5) is 0. The van der Waals surface area contributed by atoms with Gasteiger partial charge in [0.15, 0.2) is 0 Å².